The van der Waals surface area contributed by atoms with Gasteiger partial charge in [0, 0.05) is 34.4 Å². The lowest BCUT2D eigenvalue weighted by molar-refractivity contribution is 0.414. The van der Waals surface area contributed by atoms with E-state index in [-0.39, 0.29) is 5.54 Å². The SMILES string of the molecule is Cc1cc(C(C)NCCNC(C)(C)C)c(C)s1. The van der Waals surface area contributed by atoms with Crippen LogP contribution in [0.5, 0.6) is 0 Å². The second-order valence-corrected chi connectivity index (χ2v) is 7.18. The van der Waals surface area contributed by atoms with Crippen molar-refractivity contribution in [1.82, 2.24) is 10.6 Å². The molecule has 0 aliphatic heterocycles. The molecule has 0 saturated carbocycles. The third-order valence-corrected chi connectivity index (χ3v) is 3.76. The van der Waals surface area contributed by atoms with Crippen molar-refractivity contribution in [3.8, 4) is 0 Å². The summed E-state index contributed by atoms with van der Waals surface area (Å²) in [6, 6.07) is 2.75. The Morgan fingerprint density at radius 2 is 1.88 bits per heavy atom. The highest BCUT2D eigenvalue weighted by Crippen LogP contribution is 2.25. The van der Waals surface area contributed by atoms with Gasteiger partial charge in [0.05, 0.1) is 0 Å². The molecule has 0 fully saturated rings. The van der Waals surface area contributed by atoms with Gasteiger partial charge in [-0.05, 0) is 53.2 Å². The topological polar surface area (TPSA) is 24.1 Å². The van der Waals surface area contributed by atoms with Crippen LogP contribution < -0.4 is 10.6 Å². The average molecular weight is 254 g/mol. The minimum absolute atomic E-state index is 0.208. The van der Waals surface area contributed by atoms with Gasteiger partial charge in [0.25, 0.3) is 0 Å². The van der Waals surface area contributed by atoms with E-state index in [1.807, 2.05) is 11.3 Å². The Labute approximate surface area is 110 Å². The monoisotopic (exact) mass is 254 g/mol. The van der Waals surface area contributed by atoms with Crippen molar-refractivity contribution < 1.29 is 0 Å². The molecule has 1 unspecified atom stereocenters. The van der Waals surface area contributed by atoms with Gasteiger partial charge in [-0.1, -0.05) is 0 Å². The smallest absolute Gasteiger partial charge is 0.0303 e. The first-order chi connectivity index (χ1) is 7.79. The molecule has 98 valence electrons. The van der Waals surface area contributed by atoms with E-state index in [2.05, 4.69) is 58.2 Å². The van der Waals surface area contributed by atoms with Crippen LogP contribution in [-0.2, 0) is 0 Å². The standard InChI is InChI=1S/C14H26N2S/c1-10-9-13(12(3)17-10)11(2)15-7-8-16-14(4,5)6/h9,11,15-16H,7-8H2,1-6H3. The second-order valence-electron chi connectivity index (χ2n) is 5.72. The molecule has 1 aromatic rings. The molecular weight excluding hydrogens is 228 g/mol. The van der Waals surface area contributed by atoms with E-state index in [4.69, 9.17) is 0 Å². The summed E-state index contributed by atoms with van der Waals surface area (Å²) in [7, 11) is 0. The third-order valence-electron chi connectivity index (χ3n) is 2.78. The molecule has 3 heteroatoms. The summed E-state index contributed by atoms with van der Waals surface area (Å²) < 4.78 is 0. The molecule has 1 aromatic heterocycles. The highest BCUT2D eigenvalue weighted by atomic mass is 32.1. The van der Waals surface area contributed by atoms with E-state index in [1.165, 1.54) is 15.3 Å². The number of thiophene rings is 1. The van der Waals surface area contributed by atoms with Gasteiger partial charge in [0.1, 0.15) is 0 Å². The molecule has 0 saturated heterocycles. The Morgan fingerprint density at radius 3 is 2.35 bits per heavy atom. The van der Waals surface area contributed by atoms with E-state index < -0.39 is 0 Å². The predicted octanol–water partition coefficient (Wildman–Crippen LogP) is 3.40. The highest BCUT2D eigenvalue weighted by molar-refractivity contribution is 7.12. The molecule has 2 nitrogen and oxygen atoms in total. The first-order valence-corrected chi connectivity index (χ1v) is 7.16. The van der Waals surface area contributed by atoms with Gasteiger partial charge in [-0.3, -0.25) is 0 Å². The fourth-order valence-electron chi connectivity index (χ4n) is 1.92. The first-order valence-electron chi connectivity index (χ1n) is 6.35. The van der Waals surface area contributed by atoms with Gasteiger partial charge in [0.15, 0.2) is 0 Å². The van der Waals surface area contributed by atoms with Crippen LogP contribution in [0.1, 0.15) is 49.1 Å². The number of hydrogen-bond donors (Lipinski definition) is 2. The number of nitrogens with one attached hydrogen (secondary N) is 2. The normalized spacial score (nSPS) is 14.0. The van der Waals surface area contributed by atoms with Crippen LogP contribution in [-0.4, -0.2) is 18.6 Å². The van der Waals surface area contributed by atoms with Crippen LogP contribution >= 0.6 is 11.3 Å². The summed E-state index contributed by atoms with van der Waals surface area (Å²) in [4.78, 5) is 2.84. The van der Waals surface area contributed by atoms with E-state index in [0.29, 0.717) is 6.04 Å². The summed E-state index contributed by atoms with van der Waals surface area (Å²) in [5.74, 6) is 0. The molecular formula is C14H26N2S. The summed E-state index contributed by atoms with van der Waals surface area (Å²) in [6.45, 7) is 15.2. The van der Waals surface area contributed by atoms with Gasteiger partial charge < -0.3 is 10.6 Å². The largest absolute Gasteiger partial charge is 0.311 e. The van der Waals surface area contributed by atoms with Crippen LogP contribution in [0.25, 0.3) is 0 Å². The molecule has 2 N–H and O–H groups in total. The highest BCUT2D eigenvalue weighted by Gasteiger charge is 2.11. The Morgan fingerprint density at radius 1 is 1.24 bits per heavy atom. The molecule has 0 aliphatic rings. The van der Waals surface area contributed by atoms with E-state index in [9.17, 15) is 0 Å². The predicted molar refractivity (Wildman–Crippen MR) is 78.0 cm³/mol. The second kappa shape index (κ2) is 5.98. The van der Waals surface area contributed by atoms with E-state index in [0.717, 1.165) is 13.1 Å². The van der Waals surface area contributed by atoms with Crippen molar-refractivity contribution >= 4 is 11.3 Å². The van der Waals surface area contributed by atoms with Crippen LogP contribution in [0.2, 0.25) is 0 Å². The zero-order valence-corrected chi connectivity index (χ0v) is 12.8. The van der Waals surface area contributed by atoms with Gasteiger partial charge in [-0.25, -0.2) is 0 Å². The third kappa shape index (κ3) is 5.19. The van der Waals surface area contributed by atoms with Gasteiger partial charge in [-0.2, -0.15) is 0 Å². The maximum atomic E-state index is 3.57. The maximum Gasteiger partial charge on any atom is 0.0303 e. The lowest BCUT2D eigenvalue weighted by Crippen LogP contribution is -2.40. The van der Waals surface area contributed by atoms with Crippen LogP contribution in [0.15, 0.2) is 6.07 Å². The molecule has 0 amide bonds. The first kappa shape index (κ1) is 14.7. The molecule has 0 aromatic carbocycles. The number of rotatable bonds is 5. The van der Waals surface area contributed by atoms with Crippen LogP contribution in [0.4, 0.5) is 0 Å². The molecule has 1 atom stereocenters. The minimum Gasteiger partial charge on any atom is -0.311 e. The number of aryl methyl sites for hydroxylation is 2. The summed E-state index contributed by atoms with van der Waals surface area (Å²) >= 11 is 1.89. The Bertz CT molecular complexity index is 350. The quantitative estimate of drug-likeness (QED) is 0.787. The number of hydrogen-bond acceptors (Lipinski definition) is 3. The van der Waals surface area contributed by atoms with Crippen LogP contribution in [0.3, 0.4) is 0 Å². The van der Waals surface area contributed by atoms with Gasteiger partial charge in [-0.15, -0.1) is 11.3 Å². The van der Waals surface area contributed by atoms with Crippen molar-refractivity contribution in [2.45, 2.75) is 53.1 Å². The van der Waals surface area contributed by atoms with E-state index in [1.54, 1.807) is 0 Å². The maximum absolute atomic E-state index is 3.57. The molecule has 0 radical (unpaired) electrons. The summed E-state index contributed by atoms with van der Waals surface area (Å²) in [5.41, 5.74) is 1.66. The lowest BCUT2D eigenvalue weighted by atomic mass is 10.1. The average Bonchev–Trinajstić information content (AvgIpc) is 2.51. The lowest BCUT2D eigenvalue weighted by Gasteiger charge is -2.21. The van der Waals surface area contributed by atoms with Crippen molar-refractivity contribution in [1.29, 1.82) is 0 Å². The molecule has 1 rings (SSSR count). The minimum atomic E-state index is 0.208. The Kier molecular flexibility index (Phi) is 5.17. The fraction of sp³-hybridized carbons (Fsp3) is 0.714. The summed E-state index contributed by atoms with van der Waals surface area (Å²) in [6.07, 6.45) is 0. The molecule has 17 heavy (non-hydrogen) atoms. The zero-order chi connectivity index (χ0) is 13.1. The van der Waals surface area contributed by atoms with Gasteiger partial charge in [0.2, 0.25) is 0 Å². The van der Waals surface area contributed by atoms with E-state index >= 15 is 0 Å². The van der Waals surface area contributed by atoms with Crippen molar-refractivity contribution in [3.05, 3.63) is 21.4 Å². The van der Waals surface area contributed by atoms with Crippen molar-refractivity contribution in [2.24, 2.45) is 0 Å². The van der Waals surface area contributed by atoms with Crippen molar-refractivity contribution in [3.63, 3.8) is 0 Å². The Balaban J connectivity index is 2.35. The molecule has 0 bridgehead atoms. The fourth-order valence-corrected chi connectivity index (χ4v) is 2.94. The molecule has 0 spiro atoms. The molecule has 1 heterocycles. The van der Waals surface area contributed by atoms with Gasteiger partial charge >= 0.3 is 0 Å². The Hall–Kier alpha value is -0.380. The van der Waals surface area contributed by atoms with Crippen LogP contribution in [0, 0.1) is 13.8 Å². The van der Waals surface area contributed by atoms with Crippen molar-refractivity contribution in [2.75, 3.05) is 13.1 Å². The zero-order valence-electron chi connectivity index (χ0n) is 12.0. The molecule has 0 aliphatic carbocycles. The summed E-state index contributed by atoms with van der Waals surface area (Å²) in [5, 5.41) is 7.06.